The quantitative estimate of drug-likeness (QED) is 0.711. The van der Waals surface area contributed by atoms with Gasteiger partial charge in [0.15, 0.2) is 5.82 Å². The van der Waals surface area contributed by atoms with Crippen molar-refractivity contribution in [1.29, 1.82) is 0 Å². The van der Waals surface area contributed by atoms with Crippen molar-refractivity contribution in [3.05, 3.63) is 29.2 Å². The number of carbonyl (C=O) groups excluding carboxylic acids is 1. The van der Waals surface area contributed by atoms with Gasteiger partial charge in [0, 0.05) is 58.7 Å². The normalized spacial score (nSPS) is 23.1. The highest BCUT2D eigenvalue weighted by Gasteiger charge is 2.43. The van der Waals surface area contributed by atoms with Gasteiger partial charge in [-0.3, -0.25) is 9.48 Å². The van der Waals surface area contributed by atoms with Crippen molar-refractivity contribution in [3.8, 4) is 0 Å². The molecule has 4 heterocycles. The number of methoxy groups -OCH3 is 1. The van der Waals surface area contributed by atoms with E-state index >= 15 is 0 Å². The zero-order valence-electron chi connectivity index (χ0n) is 18.1. The first kappa shape index (κ1) is 21.0. The molecule has 4 rings (SSSR count). The Labute approximate surface area is 176 Å². The van der Waals surface area contributed by atoms with Gasteiger partial charge in [-0.15, -0.1) is 0 Å². The van der Waals surface area contributed by atoms with Crippen molar-refractivity contribution in [1.82, 2.24) is 24.8 Å². The van der Waals surface area contributed by atoms with Crippen LogP contribution in [0.1, 0.15) is 65.8 Å². The molecule has 2 aromatic heterocycles. The van der Waals surface area contributed by atoms with E-state index in [0.717, 1.165) is 51.0 Å². The Kier molecular flexibility index (Phi) is 6.19. The van der Waals surface area contributed by atoms with Crippen LogP contribution in [0.4, 0.5) is 0 Å². The van der Waals surface area contributed by atoms with E-state index in [2.05, 4.69) is 10.3 Å². The lowest BCUT2D eigenvalue weighted by Crippen LogP contribution is -2.49. The molecular weight excluding hydrogens is 386 g/mol. The van der Waals surface area contributed by atoms with E-state index in [1.807, 2.05) is 18.9 Å². The number of aromatic nitrogens is 4. The highest BCUT2D eigenvalue weighted by Crippen LogP contribution is 2.37. The lowest BCUT2D eigenvalue weighted by molar-refractivity contribution is 0.0566. The molecule has 2 fully saturated rings. The van der Waals surface area contributed by atoms with Crippen LogP contribution in [-0.2, 0) is 21.9 Å². The van der Waals surface area contributed by atoms with Crippen LogP contribution in [-0.4, -0.2) is 70.7 Å². The van der Waals surface area contributed by atoms with Crippen molar-refractivity contribution in [2.75, 3.05) is 40.0 Å². The monoisotopic (exact) mass is 417 g/mol. The van der Waals surface area contributed by atoms with Gasteiger partial charge >= 0.3 is 0 Å². The topological polar surface area (TPSA) is 95.5 Å². The van der Waals surface area contributed by atoms with Gasteiger partial charge in [-0.25, -0.2) is 0 Å². The molecule has 30 heavy (non-hydrogen) atoms. The van der Waals surface area contributed by atoms with E-state index in [-0.39, 0.29) is 17.2 Å². The molecule has 164 valence electrons. The second-order valence-corrected chi connectivity index (χ2v) is 8.46. The highest BCUT2D eigenvalue weighted by molar-refractivity contribution is 5.95. The summed E-state index contributed by atoms with van der Waals surface area (Å²) in [4.78, 5) is 20.0. The van der Waals surface area contributed by atoms with Crippen LogP contribution in [0.2, 0.25) is 0 Å². The van der Waals surface area contributed by atoms with Crippen molar-refractivity contribution >= 4 is 5.91 Å². The first-order chi connectivity index (χ1) is 14.5. The van der Waals surface area contributed by atoms with Gasteiger partial charge in [0.05, 0.1) is 17.2 Å². The summed E-state index contributed by atoms with van der Waals surface area (Å²) in [5.41, 5.74) is 1.15. The van der Waals surface area contributed by atoms with E-state index in [0.29, 0.717) is 37.0 Å². The van der Waals surface area contributed by atoms with Crippen LogP contribution in [0.15, 0.2) is 10.7 Å². The maximum atomic E-state index is 13.2. The maximum absolute atomic E-state index is 13.2. The molecule has 0 aromatic carbocycles. The Hall–Kier alpha value is -2.26. The Morgan fingerprint density at radius 2 is 2.17 bits per heavy atom. The van der Waals surface area contributed by atoms with Gasteiger partial charge in [-0.1, -0.05) is 5.16 Å². The van der Waals surface area contributed by atoms with Crippen LogP contribution in [0.3, 0.4) is 0 Å². The van der Waals surface area contributed by atoms with Crippen LogP contribution in [0.5, 0.6) is 0 Å². The summed E-state index contributed by atoms with van der Waals surface area (Å²) in [6.07, 6.45) is 5.98. The summed E-state index contributed by atoms with van der Waals surface area (Å²) < 4.78 is 18.3. The molecule has 2 aliphatic rings. The molecule has 0 N–H and O–H groups in total. The third kappa shape index (κ3) is 4.00. The number of ether oxygens (including phenoxy) is 2. The van der Waals surface area contributed by atoms with E-state index in [9.17, 15) is 4.79 Å². The van der Waals surface area contributed by atoms with E-state index in [1.54, 1.807) is 18.0 Å². The summed E-state index contributed by atoms with van der Waals surface area (Å²) in [5, 5.41) is 8.62. The van der Waals surface area contributed by atoms with Gasteiger partial charge < -0.3 is 18.9 Å². The Morgan fingerprint density at radius 3 is 2.87 bits per heavy atom. The minimum Gasteiger partial charge on any atom is -0.385 e. The van der Waals surface area contributed by atoms with Crippen molar-refractivity contribution in [2.24, 2.45) is 7.05 Å². The number of amides is 1. The van der Waals surface area contributed by atoms with Crippen molar-refractivity contribution in [2.45, 2.75) is 50.4 Å². The second kappa shape index (κ2) is 8.85. The first-order valence-corrected chi connectivity index (χ1v) is 10.7. The summed E-state index contributed by atoms with van der Waals surface area (Å²) >= 11 is 0. The highest BCUT2D eigenvalue weighted by atomic mass is 16.5. The second-order valence-electron chi connectivity index (χ2n) is 8.46. The van der Waals surface area contributed by atoms with Crippen LogP contribution >= 0.6 is 0 Å². The summed E-state index contributed by atoms with van der Waals surface area (Å²) in [5.74, 6) is 1.65. The van der Waals surface area contributed by atoms with Crippen LogP contribution < -0.4 is 0 Å². The number of likely N-dealkylation sites (tertiary alicyclic amines) is 1. The molecule has 1 amide bonds. The molecule has 0 saturated carbocycles. The average Bonchev–Trinajstić information content (AvgIpc) is 3.41. The molecule has 2 aliphatic heterocycles. The lowest BCUT2D eigenvalue weighted by atomic mass is 9.76. The Balaban J connectivity index is 1.59. The summed E-state index contributed by atoms with van der Waals surface area (Å²) in [6.45, 7) is 5.22. The molecule has 2 aromatic rings. The van der Waals surface area contributed by atoms with Gasteiger partial charge in [-0.2, -0.15) is 10.1 Å². The number of rotatable bonds is 6. The van der Waals surface area contributed by atoms with Crippen LogP contribution in [0.25, 0.3) is 0 Å². The fourth-order valence-electron chi connectivity index (χ4n) is 4.54. The molecule has 1 unspecified atom stereocenters. The molecule has 0 radical (unpaired) electrons. The molecule has 2 saturated heterocycles. The molecular formula is C21H31N5O4. The fraction of sp³-hybridized carbons (Fsp3) is 0.714. The molecule has 1 atom stereocenters. The summed E-state index contributed by atoms with van der Waals surface area (Å²) in [6, 6.07) is 0. The predicted octanol–water partition coefficient (Wildman–Crippen LogP) is 2.22. The number of hydrogen-bond donors (Lipinski definition) is 0. The van der Waals surface area contributed by atoms with Gasteiger partial charge in [0.2, 0.25) is 5.89 Å². The zero-order valence-corrected chi connectivity index (χ0v) is 18.1. The van der Waals surface area contributed by atoms with Gasteiger partial charge in [-0.05, 0) is 39.0 Å². The summed E-state index contributed by atoms with van der Waals surface area (Å²) in [7, 11) is 3.55. The van der Waals surface area contributed by atoms with E-state index < -0.39 is 0 Å². The van der Waals surface area contributed by atoms with Gasteiger partial charge in [0.1, 0.15) is 0 Å². The smallest absolute Gasteiger partial charge is 0.257 e. The predicted molar refractivity (Wildman–Crippen MR) is 108 cm³/mol. The Morgan fingerprint density at radius 1 is 1.37 bits per heavy atom. The van der Waals surface area contributed by atoms with Crippen LogP contribution in [0, 0.1) is 6.92 Å². The average molecular weight is 418 g/mol. The lowest BCUT2D eigenvalue weighted by Gasteiger charge is -2.41. The number of carbonyl (C=O) groups is 1. The van der Waals surface area contributed by atoms with Crippen molar-refractivity contribution in [3.63, 3.8) is 0 Å². The van der Waals surface area contributed by atoms with Crippen molar-refractivity contribution < 1.29 is 18.8 Å². The zero-order chi connectivity index (χ0) is 21.1. The maximum Gasteiger partial charge on any atom is 0.257 e. The SMILES string of the molecule is COCCC1(c2noc(C3CCOCC3)n2)CCCN(C(=O)c2cnn(C)c2C)C1. The number of hydrogen-bond acceptors (Lipinski definition) is 7. The molecule has 9 nitrogen and oxygen atoms in total. The van der Waals surface area contributed by atoms with E-state index in [4.69, 9.17) is 19.0 Å². The van der Waals surface area contributed by atoms with Gasteiger partial charge in [0.25, 0.3) is 5.91 Å². The number of aryl methyl sites for hydroxylation is 1. The minimum absolute atomic E-state index is 0.00948. The minimum atomic E-state index is -0.368. The fourth-order valence-corrected chi connectivity index (χ4v) is 4.54. The molecule has 0 aliphatic carbocycles. The molecule has 9 heteroatoms. The molecule has 0 bridgehead atoms. The Bertz CT molecular complexity index is 873. The number of nitrogens with zero attached hydrogens (tertiary/aromatic N) is 5. The third-order valence-corrected chi connectivity index (χ3v) is 6.60. The standard InChI is InChI=1S/C21H31N5O4/c1-15-17(13-22-25(15)2)19(27)26-9-4-7-21(14-26,8-12-28-3)20-23-18(30-24-20)16-5-10-29-11-6-16/h13,16H,4-12,14H2,1-3H3. The first-order valence-electron chi connectivity index (χ1n) is 10.7. The largest absolute Gasteiger partial charge is 0.385 e. The number of piperidine rings is 1. The molecule has 0 spiro atoms. The van der Waals surface area contributed by atoms with E-state index in [1.165, 1.54) is 0 Å². The third-order valence-electron chi connectivity index (χ3n) is 6.60.